The van der Waals surface area contributed by atoms with E-state index in [1.165, 1.54) is 0 Å². The van der Waals surface area contributed by atoms with Gasteiger partial charge in [0.15, 0.2) is 5.78 Å². The molecule has 0 fully saturated rings. The van der Waals surface area contributed by atoms with E-state index in [0.29, 0.717) is 5.57 Å². The maximum atomic E-state index is 12.9. The van der Waals surface area contributed by atoms with Crippen LogP contribution >= 0.6 is 0 Å². The molecule has 0 saturated carbocycles. The van der Waals surface area contributed by atoms with Gasteiger partial charge < -0.3 is 10.1 Å². The molecular weight excluding hydrogens is 278 g/mol. The standard InChI is InChI=1S/C18H23NO3/c1-5-22-17(21)14(11-19-4)16(20)13-10-18(2,3)15-9-7-6-8-12(13)15/h6-10,14,19H,5,11H2,1-4H3. The zero-order chi connectivity index (χ0) is 16.3. The first kappa shape index (κ1) is 16.4. The number of esters is 1. The van der Waals surface area contributed by atoms with Crippen LogP contribution < -0.4 is 5.32 Å². The lowest BCUT2D eigenvalue weighted by molar-refractivity contribution is -0.150. The Balaban J connectivity index is 2.38. The molecule has 4 heteroatoms. The lowest BCUT2D eigenvalue weighted by atomic mass is 9.87. The van der Waals surface area contributed by atoms with Crippen LogP contribution in [0.1, 0.15) is 31.9 Å². The Kier molecular flexibility index (Phi) is 4.81. The molecule has 4 nitrogen and oxygen atoms in total. The van der Waals surface area contributed by atoms with Crippen molar-refractivity contribution < 1.29 is 14.3 Å². The molecule has 0 heterocycles. The van der Waals surface area contributed by atoms with Crippen LogP contribution in [-0.2, 0) is 19.7 Å². The molecule has 0 radical (unpaired) electrons. The fourth-order valence-corrected chi connectivity index (χ4v) is 2.92. The summed E-state index contributed by atoms with van der Waals surface area (Å²) in [5.41, 5.74) is 2.45. The lowest BCUT2D eigenvalue weighted by Crippen LogP contribution is -2.34. The monoisotopic (exact) mass is 301 g/mol. The summed E-state index contributed by atoms with van der Waals surface area (Å²) in [5, 5.41) is 2.91. The molecule has 118 valence electrons. The van der Waals surface area contributed by atoms with E-state index in [1.807, 2.05) is 30.3 Å². The van der Waals surface area contributed by atoms with E-state index in [1.54, 1.807) is 14.0 Å². The van der Waals surface area contributed by atoms with Crippen molar-refractivity contribution in [1.82, 2.24) is 5.32 Å². The molecule has 0 spiro atoms. The summed E-state index contributed by atoms with van der Waals surface area (Å²) in [5.74, 6) is -1.45. The molecule has 2 rings (SSSR count). The SMILES string of the molecule is CCOC(=O)C(CNC)C(=O)C1=CC(C)(C)c2ccccc21. The number of benzene rings is 1. The molecule has 0 aliphatic heterocycles. The van der Waals surface area contributed by atoms with Crippen molar-refractivity contribution in [2.45, 2.75) is 26.2 Å². The van der Waals surface area contributed by atoms with E-state index < -0.39 is 11.9 Å². The molecule has 1 unspecified atom stereocenters. The Labute approximate surface area is 131 Å². The van der Waals surface area contributed by atoms with Crippen molar-refractivity contribution in [1.29, 1.82) is 0 Å². The number of carbonyl (C=O) groups is 2. The highest BCUT2D eigenvalue weighted by atomic mass is 16.5. The van der Waals surface area contributed by atoms with E-state index in [-0.39, 0.29) is 24.3 Å². The number of nitrogens with one attached hydrogen (secondary N) is 1. The minimum absolute atomic E-state index is 0.175. The number of ether oxygens (including phenoxy) is 1. The summed E-state index contributed by atoms with van der Waals surface area (Å²) in [6, 6.07) is 7.86. The van der Waals surface area contributed by atoms with Gasteiger partial charge in [-0.05, 0) is 25.1 Å². The molecule has 1 aliphatic rings. The second-order valence-electron chi connectivity index (χ2n) is 6.05. The zero-order valence-electron chi connectivity index (χ0n) is 13.6. The second kappa shape index (κ2) is 6.44. The van der Waals surface area contributed by atoms with Crippen LogP contribution in [0.3, 0.4) is 0 Å². The van der Waals surface area contributed by atoms with Gasteiger partial charge in [-0.1, -0.05) is 44.2 Å². The minimum atomic E-state index is -0.807. The zero-order valence-corrected chi connectivity index (χ0v) is 13.6. The number of ketones is 1. The van der Waals surface area contributed by atoms with Crippen LogP contribution in [0.4, 0.5) is 0 Å². The van der Waals surface area contributed by atoms with Gasteiger partial charge in [-0.15, -0.1) is 0 Å². The predicted molar refractivity (Wildman–Crippen MR) is 86.5 cm³/mol. The molecule has 1 aromatic carbocycles. The average molecular weight is 301 g/mol. The van der Waals surface area contributed by atoms with Crippen molar-refractivity contribution in [3.8, 4) is 0 Å². The number of allylic oxidation sites excluding steroid dienone is 2. The van der Waals surface area contributed by atoms with Crippen molar-refractivity contribution in [2.75, 3.05) is 20.2 Å². The van der Waals surface area contributed by atoms with Crippen molar-refractivity contribution in [3.05, 3.63) is 41.5 Å². The van der Waals surface area contributed by atoms with Gasteiger partial charge in [-0.25, -0.2) is 0 Å². The largest absolute Gasteiger partial charge is 0.465 e. The van der Waals surface area contributed by atoms with E-state index in [0.717, 1.165) is 11.1 Å². The van der Waals surface area contributed by atoms with Gasteiger partial charge in [-0.2, -0.15) is 0 Å². The number of rotatable bonds is 6. The number of fused-ring (bicyclic) bond motifs is 1. The molecular formula is C18H23NO3. The van der Waals surface area contributed by atoms with E-state index >= 15 is 0 Å². The summed E-state index contributed by atoms with van der Waals surface area (Å²) < 4.78 is 5.05. The number of hydrogen-bond acceptors (Lipinski definition) is 4. The van der Waals surface area contributed by atoms with E-state index in [9.17, 15) is 9.59 Å². The second-order valence-corrected chi connectivity index (χ2v) is 6.05. The van der Waals surface area contributed by atoms with Gasteiger partial charge in [-0.3, -0.25) is 9.59 Å². The van der Waals surface area contributed by atoms with Crippen molar-refractivity contribution >= 4 is 17.3 Å². The van der Waals surface area contributed by atoms with Gasteiger partial charge in [0, 0.05) is 17.5 Å². The minimum Gasteiger partial charge on any atom is -0.465 e. The van der Waals surface area contributed by atoms with Crippen LogP contribution in [-0.4, -0.2) is 32.0 Å². The van der Waals surface area contributed by atoms with E-state index in [4.69, 9.17) is 4.74 Å². The van der Waals surface area contributed by atoms with Gasteiger partial charge in [0.1, 0.15) is 5.92 Å². The maximum absolute atomic E-state index is 12.9. The highest BCUT2D eigenvalue weighted by Crippen LogP contribution is 2.41. The third-order valence-electron chi connectivity index (χ3n) is 3.98. The first-order chi connectivity index (χ1) is 10.4. The normalized spacial score (nSPS) is 16.6. The third-order valence-corrected chi connectivity index (χ3v) is 3.98. The van der Waals surface area contributed by atoms with Crippen LogP contribution in [0.15, 0.2) is 30.3 Å². The quantitative estimate of drug-likeness (QED) is 0.647. The van der Waals surface area contributed by atoms with Crippen molar-refractivity contribution in [3.63, 3.8) is 0 Å². The summed E-state index contributed by atoms with van der Waals surface area (Å²) in [6.45, 7) is 6.43. The molecule has 22 heavy (non-hydrogen) atoms. The van der Waals surface area contributed by atoms with Crippen molar-refractivity contribution in [2.24, 2.45) is 5.92 Å². The fraction of sp³-hybridized carbons (Fsp3) is 0.444. The molecule has 1 atom stereocenters. The predicted octanol–water partition coefficient (Wildman–Crippen LogP) is 2.33. The summed E-state index contributed by atoms with van der Waals surface area (Å²) in [7, 11) is 1.72. The topological polar surface area (TPSA) is 55.4 Å². The van der Waals surface area contributed by atoms with Crippen LogP contribution in [0.2, 0.25) is 0 Å². The number of hydrogen-bond donors (Lipinski definition) is 1. The molecule has 0 saturated heterocycles. The Morgan fingerprint density at radius 2 is 1.95 bits per heavy atom. The first-order valence-electron chi connectivity index (χ1n) is 7.60. The molecule has 1 aromatic rings. The van der Waals surface area contributed by atoms with Gasteiger partial charge >= 0.3 is 5.97 Å². The highest BCUT2D eigenvalue weighted by molar-refractivity contribution is 6.28. The smallest absolute Gasteiger partial charge is 0.318 e. The van der Waals surface area contributed by atoms with Crippen LogP contribution in [0.25, 0.3) is 5.57 Å². The lowest BCUT2D eigenvalue weighted by Gasteiger charge is -2.16. The fourth-order valence-electron chi connectivity index (χ4n) is 2.92. The summed E-state index contributed by atoms with van der Waals surface area (Å²) in [6.07, 6.45) is 1.96. The molecule has 1 aliphatic carbocycles. The van der Waals surface area contributed by atoms with Gasteiger partial charge in [0.05, 0.1) is 6.61 Å². The molecule has 0 aromatic heterocycles. The Bertz CT molecular complexity index is 617. The number of Topliss-reactive ketones (excluding diaryl/α,β-unsaturated/α-hetero) is 1. The van der Waals surface area contributed by atoms with Crippen LogP contribution in [0.5, 0.6) is 0 Å². The van der Waals surface area contributed by atoms with Crippen LogP contribution in [0, 0.1) is 5.92 Å². The highest BCUT2D eigenvalue weighted by Gasteiger charge is 2.37. The summed E-state index contributed by atoms with van der Waals surface area (Å²) in [4.78, 5) is 25.0. The van der Waals surface area contributed by atoms with Gasteiger partial charge in [0.25, 0.3) is 0 Å². The number of carbonyl (C=O) groups excluding carboxylic acids is 2. The summed E-state index contributed by atoms with van der Waals surface area (Å²) >= 11 is 0. The molecule has 1 N–H and O–H groups in total. The molecule has 0 bridgehead atoms. The van der Waals surface area contributed by atoms with E-state index in [2.05, 4.69) is 19.2 Å². The Morgan fingerprint density at radius 1 is 1.27 bits per heavy atom. The first-order valence-corrected chi connectivity index (χ1v) is 7.60. The third kappa shape index (κ3) is 2.97. The Hall–Kier alpha value is -1.94. The molecule has 0 amide bonds. The van der Waals surface area contributed by atoms with Gasteiger partial charge in [0.2, 0.25) is 0 Å². The average Bonchev–Trinajstić information content (AvgIpc) is 2.77. The Morgan fingerprint density at radius 3 is 2.59 bits per heavy atom. The maximum Gasteiger partial charge on any atom is 0.318 e.